The summed E-state index contributed by atoms with van der Waals surface area (Å²) in [6.45, 7) is 0.529. The first-order chi connectivity index (χ1) is 7.75. The van der Waals surface area contributed by atoms with Gasteiger partial charge in [0.1, 0.15) is 0 Å². The van der Waals surface area contributed by atoms with Crippen LogP contribution in [-0.2, 0) is 4.79 Å². The van der Waals surface area contributed by atoms with Gasteiger partial charge in [0.2, 0.25) is 5.91 Å². The van der Waals surface area contributed by atoms with Crippen molar-refractivity contribution in [1.29, 1.82) is 0 Å². The molecule has 0 unspecified atom stereocenters. The van der Waals surface area contributed by atoms with Crippen molar-refractivity contribution in [2.45, 2.75) is 12.8 Å². The molecule has 1 saturated heterocycles. The lowest BCUT2D eigenvalue weighted by molar-refractivity contribution is -0.129. The number of rotatable bonds is 2. The van der Waals surface area contributed by atoms with E-state index in [0.29, 0.717) is 18.7 Å². The molecule has 5 heteroatoms. The normalized spacial score (nSPS) is 15.0. The molecule has 0 aromatic heterocycles. The van der Waals surface area contributed by atoms with Crippen molar-refractivity contribution in [3.05, 3.63) is 30.3 Å². The second-order valence-corrected chi connectivity index (χ2v) is 3.52. The smallest absolute Gasteiger partial charge is 0.305 e. The number of benzene rings is 1. The Kier molecular flexibility index (Phi) is 3.05. The first kappa shape index (κ1) is 10.5. The van der Waals surface area contributed by atoms with E-state index < -0.39 is 6.03 Å². The van der Waals surface area contributed by atoms with E-state index in [1.54, 1.807) is 12.1 Å². The number of hydrogen-bond acceptors (Lipinski definition) is 2. The standard InChI is InChI=1S/C11H12N3O2/c15-10-7-4-8-14(10)13-11(16)12-9-5-2-1-3-6-9/h1-3,5-6H,4,7-8H2,(H,12,16). The van der Waals surface area contributed by atoms with Crippen LogP contribution < -0.4 is 10.7 Å². The second kappa shape index (κ2) is 4.65. The largest absolute Gasteiger partial charge is 0.362 e. The van der Waals surface area contributed by atoms with Crippen molar-refractivity contribution in [2.24, 2.45) is 0 Å². The fourth-order valence-corrected chi connectivity index (χ4v) is 1.52. The Morgan fingerprint density at radius 1 is 1.31 bits per heavy atom. The average molecular weight is 218 g/mol. The molecule has 1 aromatic rings. The zero-order chi connectivity index (χ0) is 11.4. The topological polar surface area (TPSA) is 63.5 Å². The van der Waals surface area contributed by atoms with E-state index in [0.717, 1.165) is 6.42 Å². The molecule has 1 aliphatic heterocycles. The Morgan fingerprint density at radius 3 is 2.69 bits per heavy atom. The van der Waals surface area contributed by atoms with Crippen LogP contribution in [0.5, 0.6) is 0 Å². The van der Waals surface area contributed by atoms with Crippen molar-refractivity contribution in [1.82, 2.24) is 10.4 Å². The Hall–Kier alpha value is -2.04. The molecule has 16 heavy (non-hydrogen) atoms. The molecule has 1 fully saturated rings. The lowest BCUT2D eigenvalue weighted by Crippen LogP contribution is -2.39. The van der Waals surface area contributed by atoms with Crippen molar-refractivity contribution in [2.75, 3.05) is 11.9 Å². The van der Waals surface area contributed by atoms with Crippen LogP contribution in [0.4, 0.5) is 10.5 Å². The number of nitrogens with one attached hydrogen (secondary N) is 1. The summed E-state index contributed by atoms with van der Waals surface area (Å²) in [5.41, 5.74) is 4.36. The lowest BCUT2D eigenvalue weighted by Gasteiger charge is -2.13. The van der Waals surface area contributed by atoms with Gasteiger partial charge < -0.3 is 5.32 Å². The van der Waals surface area contributed by atoms with Gasteiger partial charge >= 0.3 is 6.03 Å². The van der Waals surface area contributed by atoms with Gasteiger partial charge in [-0.1, -0.05) is 18.2 Å². The summed E-state index contributed by atoms with van der Waals surface area (Å²) in [4.78, 5) is 22.7. The van der Waals surface area contributed by atoms with Crippen LogP contribution in [-0.4, -0.2) is 23.5 Å². The third-order valence-electron chi connectivity index (χ3n) is 2.29. The van der Waals surface area contributed by atoms with Crippen LogP contribution in [0.3, 0.4) is 0 Å². The molecule has 2 rings (SSSR count). The van der Waals surface area contributed by atoms with E-state index >= 15 is 0 Å². The molecule has 0 bridgehead atoms. The van der Waals surface area contributed by atoms with E-state index in [-0.39, 0.29) is 5.91 Å². The molecule has 0 atom stereocenters. The predicted molar refractivity (Wildman–Crippen MR) is 58.5 cm³/mol. The highest BCUT2D eigenvalue weighted by Crippen LogP contribution is 2.09. The van der Waals surface area contributed by atoms with Crippen molar-refractivity contribution in [3.8, 4) is 0 Å². The van der Waals surface area contributed by atoms with Gasteiger partial charge in [0.15, 0.2) is 0 Å². The van der Waals surface area contributed by atoms with Gasteiger partial charge in [0.25, 0.3) is 0 Å². The molecule has 1 aliphatic rings. The van der Waals surface area contributed by atoms with E-state index in [2.05, 4.69) is 10.7 Å². The Labute approximate surface area is 93.4 Å². The summed E-state index contributed by atoms with van der Waals surface area (Å²) in [6, 6.07) is 8.50. The maximum absolute atomic E-state index is 11.4. The number of carbonyl (C=O) groups excluding carboxylic acids is 2. The van der Waals surface area contributed by atoms with E-state index in [1.165, 1.54) is 5.01 Å². The number of para-hydroxylation sites is 1. The average Bonchev–Trinajstić information content (AvgIpc) is 2.66. The first-order valence-electron chi connectivity index (χ1n) is 5.14. The second-order valence-electron chi connectivity index (χ2n) is 3.52. The van der Waals surface area contributed by atoms with E-state index in [4.69, 9.17) is 0 Å². The molecule has 5 nitrogen and oxygen atoms in total. The molecule has 0 aliphatic carbocycles. The minimum Gasteiger partial charge on any atom is -0.305 e. The Bertz CT molecular complexity index is 391. The number of amides is 3. The highest BCUT2D eigenvalue weighted by molar-refractivity contribution is 5.90. The Balaban J connectivity index is 1.87. The predicted octanol–water partition coefficient (Wildman–Crippen LogP) is 1.36. The van der Waals surface area contributed by atoms with Crippen LogP contribution in [0.2, 0.25) is 0 Å². The van der Waals surface area contributed by atoms with Crippen molar-refractivity contribution < 1.29 is 9.59 Å². The summed E-state index contributed by atoms with van der Waals surface area (Å²) >= 11 is 0. The molecule has 0 saturated carbocycles. The summed E-state index contributed by atoms with van der Waals surface area (Å²) in [6.07, 6.45) is 1.24. The number of urea groups is 1. The zero-order valence-corrected chi connectivity index (χ0v) is 8.72. The molecule has 1 aromatic carbocycles. The summed E-state index contributed by atoms with van der Waals surface area (Å²) in [5.74, 6) is -0.0942. The lowest BCUT2D eigenvalue weighted by atomic mass is 10.3. The van der Waals surface area contributed by atoms with Crippen LogP contribution in [0.15, 0.2) is 30.3 Å². The van der Waals surface area contributed by atoms with Gasteiger partial charge in [-0.2, -0.15) is 0 Å². The van der Waals surface area contributed by atoms with E-state index in [1.807, 2.05) is 18.2 Å². The van der Waals surface area contributed by atoms with Gasteiger partial charge in [0.05, 0.1) is 0 Å². The molecule has 83 valence electrons. The number of carbonyl (C=O) groups is 2. The van der Waals surface area contributed by atoms with Crippen LogP contribution >= 0.6 is 0 Å². The summed E-state index contributed by atoms with van der Waals surface area (Å²) in [5, 5.41) is 3.81. The maximum Gasteiger partial charge on any atom is 0.362 e. The van der Waals surface area contributed by atoms with Crippen molar-refractivity contribution >= 4 is 17.6 Å². The third kappa shape index (κ3) is 2.50. The number of nitrogens with zero attached hydrogens (tertiary/aromatic N) is 2. The van der Waals surface area contributed by atoms with E-state index in [9.17, 15) is 9.59 Å². The fraction of sp³-hybridized carbons (Fsp3) is 0.273. The molecular formula is C11H12N3O2. The molecule has 1 N–H and O–H groups in total. The third-order valence-corrected chi connectivity index (χ3v) is 2.29. The highest BCUT2D eigenvalue weighted by Gasteiger charge is 2.23. The molecule has 3 amide bonds. The number of hydrogen-bond donors (Lipinski definition) is 1. The quantitative estimate of drug-likeness (QED) is 0.814. The minimum absolute atomic E-state index is 0.0942. The summed E-state index contributed by atoms with van der Waals surface area (Å²) in [7, 11) is 0. The maximum atomic E-state index is 11.4. The summed E-state index contributed by atoms with van der Waals surface area (Å²) < 4.78 is 0. The van der Waals surface area contributed by atoms with Gasteiger partial charge in [-0.05, 0) is 18.6 Å². The van der Waals surface area contributed by atoms with Crippen LogP contribution in [0.25, 0.3) is 0 Å². The molecule has 1 heterocycles. The fourth-order valence-electron chi connectivity index (χ4n) is 1.52. The zero-order valence-electron chi connectivity index (χ0n) is 8.72. The number of anilines is 1. The highest BCUT2D eigenvalue weighted by atomic mass is 16.2. The van der Waals surface area contributed by atoms with Gasteiger partial charge in [-0.25, -0.2) is 9.80 Å². The van der Waals surface area contributed by atoms with Gasteiger partial charge in [0, 0.05) is 18.7 Å². The molecular weight excluding hydrogens is 206 g/mol. The van der Waals surface area contributed by atoms with Gasteiger partial charge in [-0.15, -0.1) is 5.43 Å². The molecule has 1 radical (unpaired) electrons. The SMILES string of the molecule is O=C([N]N1CCCC1=O)Nc1ccccc1. The van der Waals surface area contributed by atoms with Gasteiger partial charge in [-0.3, -0.25) is 4.79 Å². The van der Waals surface area contributed by atoms with Crippen LogP contribution in [0, 0.1) is 0 Å². The Morgan fingerprint density at radius 2 is 2.06 bits per heavy atom. The minimum atomic E-state index is -0.513. The monoisotopic (exact) mass is 218 g/mol. The van der Waals surface area contributed by atoms with Crippen molar-refractivity contribution in [3.63, 3.8) is 0 Å². The first-order valence-corrected chi connectivity index (χ1v) is 5.14. The van der Waals surface area contributed by atoms with Crippen LogP contribution in [0.1, 0.15) is 12.8 Å². The molecule has 0 spiro atoms.